The minimum atomic E-state index is 0.0464. The van der Waals surface area contributed by atoms with Crippen LogP contribution in [0.2, 0.25) is 5.02 Å². The van der Waals surface area contributed by atoms with Crippen molar-refractivity contribution < 1.29 is 4.79 Å². The predicted molar refractivity (Wildman–Crippen MR) is 89.5 cm³/mol. The van der Waals surface area contributed by atoms with E-state index < -0.39 is 0 Å². The third kappa shape index (κ3) is 5.61. The highest BCUT2D eigenvalue weighted by atomic mass is 35.5. The first-order chi connectivity index (χ1) is 10.0. The zero-order chi connectivity index (χ0) is 15.2. The Hall–Kier alpha value is -1.17. The molecule has 0 unspecified atom stereocenters. The topological polar surface area (TPSA) is 58.4 Å². The van der Waals surface area contributed by atoms with Gasteiger partial charge in [0.1, 0.15) is 0 Å². The van der Waals surface area contributed by atoms with Gasteiger partial charge in [-0.3, -0.25) is 9.69 Å². The van der Waals surface area contributed by atoms with Gasteiger partial charge in [0, 0.05) is 30.7 Å². The van der Waals surface area contributed by atoms with Crippen molar-refractivity contribution in [2.75, 3.05) is 19.6 Å². The number of nitrogens with zero attached hydrogens (tertiary/aromatic N) is 1. The average Bonchev–Trinajstić information content (AvgIpc) is 2.40. The molecule has 1 aliphatic heterocycles. The molecule has 0 spiro atoms. The number of thiocarbonyl (C=S) groups is 1. The molecule has 0 bridgehead atoms. The fourth-order valence-electron chi connectivity index (χ4n) is 2.57. The molecule has 114 valence electrons. The maximum Gasteiger partial charge on any atom is 0.224 e. The first-order valence-corrected chi connectivity index (χ1v) is 7.86. The van der Waals surface area contributed by atoms with Crippen LogP contribution >= 0.6 is 23.8 Å². The highest BCUT2D eigenvalue weighted by Crippen LogP contribution is 2.13. The zero-order valence-corrected chi connectivity index (χ0v) is 13.4. The molecule has 0 radical (unpaired) electrons. The number of carbonyl (C=O) groups excluding carboxylic acids is 1. The van der Waals surface area contributed by atoms with Crippen LogP contribution in [0, 0.1) is 0 Å². The first-order valence-electron chi connectivity index (χ1n) is 7.07. The smallest absolute Gasteiger partial charge is 0.224 e. The van der Waals surface area contributed by atoms with Crippen molar-refractivity contribution in [1.82, 2.24) is 10.2 Å². The lowest BCUT2D eigenvalue weighted by molar-refractivity contribution is -0.121. The summed E-state index contributed by atoms with van der Waals surface area (Å²) in [5.41, 5.74) is 6.48. The maximum absolute atomic E-state index is 12.0. The first kappa shape index (κ1) is 16.2. The number of nitrogens with two attached hydrogens (primary N) is 1. The number of carbonyl (C=O) groups is 1. The van der Waals surface area contributed by atoms with Gasteiger partial charge in [0.05, 0.1) is 11.4 Å². The molecule has 1 aromatic rings. The van der Waals surface area contributed by atoms with Crippen molar-refractivity contribution in [1.29, 1.82) is 0 Å². The monoisotopic (exact) mass is 325 g/mol. The number of rotatable bonds is 5. The van der Waals surface area contributed by atoms with Crippen molar-refractivity contribution in [3.8, 4) is 0 Å². The third-order valence-electron chi connectivity index (χ3n) is 3.59. The molecule has 1 aromatic carbocycles. The standard InChI is InChI=1S/C15H20ClN3OS/c16-12-3-1-2-11(8-12)9-15(20)18-13-4-6-19(7-5-13)10-14(17)21/h1-3,8,13H,4-7,9-10H2,(H2,17,21)(H,18,20). The van der Waals surface area contributed by atoms with E-state index in [2.05, 4.69) is 10.2 Å². The van der Waals surface area contributed by atoms with Gasteiger partial charge in [-0.15, -0.1) is 0 Å². The summed E-state index contributed by atoms with van der Waals surface area (Å²) >= 11 is 10.8. The van der Waals surface area contributed by atoms with Gasteiger partial charge >= 0.3 is 0 Å². The molecular formula is C15H20ClN3OS. The summed E-state index contributed by atoms with van der Waals surface area (Å²) in [4.78, 5) is 14.8. The molecule has 1 heterocycles. The van der Waals surface area contributed by atoms with Crippen LogP contribution in [-0.2, 0) is 11.2 Å². The van der Waals surface area contributed by atoms with Crippen LogP contribution in [0.4, 0.5) is 0 Å². The molecule has 1 aliphatic rings. The van der Waals surface area contributed by atoms with Crippen molar-refractivity contribution in [2.45, 2.75) is 25.3 Å². The SMILES string of the molecule is NC(=S)CN1CCC(NC(=O)Cc2cccc(Cl)c2)CC1. The van der Waals surface area contributed by atoms with Crippen LogP contribution in [0.5, 0.6) is 0 Å². The Labute approximate surface area is 135 Å². The Morgan fingerprint density at radius 3 is 2.76 bits per heavy atom. The van der Waals surface area contributed by atoms with E-state index in [4.69, 9.17) is 29.6 Å². The Morgan fingerprint density at radius 1 is 1.43 bits per heavy atom. The molecular weight excluding hydrogens is 306 g/mol. The van der Waals surface area contributed by atoms with Crippen molar-refractivity contribution >= 4 is 34.7 Å². The molecule has 3 N–H and O–H groups in total. The third-order valence-corrected chi connectivity index (χ3v) is 3.95. The number of likely N-dealkylation sites (tertiary alicyclic amines) is 1. The molecule has 4 nitrogen and oxygen atoms in total. The average molecular weight is 326 g/mol. The van der Waals surface area contributed by atoms with Crippen LogP contribution in [0.25, 0.3) is 0 Å². The van der Waals surface area contributed by atoms with Gasteiger partial charge in [0.15, 0.2) is 0 Å². The number of hydrogen-bond acceptors (Lipinski definition) is 3. The fourth-order valence-corrected chi connectivity index (χ4v) is 2.96. The second-order valence-corrected chi connectivity index (χ2v) is 6.35. The lowest BCUT2D eigenvalue weighted by atomic mass is 10.0. The summed E-state index contributed by atoms with van der Waals surface area (Å²) in [5, 5.41) is 3.75. The van der Waals surface area contributed by atoms with E-state index in [1.807, 2.05) is 18.2 Å². The molecule has 6 heteroatoms. The minimum absolute atomic E-state index is 0.0464. The van der Waals surface area contributed by atoms with E-state index in [0.29, 0.717) is 23.0 Å². The van der Waals surface area contributed by atoms with Gasteiger partial charge in [-0.2, -0.15) is 0 Å². The molecule has 0 saturated carbocycles. The van der Waals surface area contributed by atoms with E-state index in [0.717, 1.165) is 31.5 Å². The van der Waals surface area contributed by atoms with Crippen molar-refractivity contribution in [3.05, 3.63) is 34.9 Å². The highest BCUT2D eigenvalue weighted by molar-refractivity contribution is 7.80. The summed E-state index contributed by atoms with van der Waals surface area (Å²) < 4.78 is 0. The van der Waals surface area contributed by atoms with E-state index >= 15 is 0 Å². The molecule has 1 amide bonds. The zero-order valence-electron chi connectivity index (χ0n) is 11.8. The van der Waals surface area contributed by atoms with E-state index in [9.17, 15) is 4.79 Å². The Morgan fingerprint density at radius 2 is 2.14 bits per heavy atom. The summed E-state index contributed by atoms with van der Waals surface area (Å²) in [6.45, 7) is 2.50. The summed E-state index contributed by atoms with van der Waals surface area (Å²) in [6, 6.07) is 7.64. The summed E-state index contributed by atoms with van der Waals surface area (Å²) in [6.07, 6.45) is 2.24. The number of hydrogen-bond donors (Lipinski definition) is 2. The van der Waals surface area contributed by atoms with Crippen LogP contribution < -0.4 is 11.1 Å². The Balaban J connectivity index is 1.75. The number of nitrogens with one attached hydrogen (secondary N) is 1. The Bertz CT molecular complexity index is 515. The molecule has 0 atom stereocenters. The van der Waals surface area contributed by atoms with Gasteiger partial charge in [-0.25, -0.2) is 0 Å². The largest absolute Gasteiger partial charge is 0.392 e. The molecule has 0 aliphatic carbocycles. The Kier molecular flexibility index (Phi) is 5.96. The highest BCUT2D eigenvalue weighted by Gasteiger charge is 2.20. The van der Waals surface area contributed by atoms with Gasteiger partial charge in [-0.05, 0) is 30.5 Å². The normalized spacial score (nSPS) is 16.6. The van der Waals surface area contributed by atoms with Crippen LogP contribution in [0.1, 0.15) is 18.4 Å². The number of halogens is 1. The van der Waals surface area contributed by atoms with Gasteiger partial charge < -0.3 is 11.1 Å². The maximum atomic E-state index is 12.0. The minimum Gasteiger partial charge on any atom is -0.392 e. The predicted octanol–water partition coefficient (Wildman–Crippen LogP) is 1.75. The van der Waals surface area contributed by atoms with Crippen molar-refractivity contribution in [3.63, 3.8) is 0 Å². The van der Waals surface area contributed by atoms with E-state index in [1.165, 1.54) is 0 Å². The van der Waals surface area contributed by atoms with Crippen LogP contribution in [0.3, 0.4) is 0 Å². The summed E-state index contributed by atoms with van der Waals surface area (Å²) in [5.74, 6) is 0.0464. The van der Waals surface area contributed by atoms with Gasteiger partial charge in [-0.1, -0.05) is 36.0 Å². The van der Waals surface area contributed by atoms with E-state index in [1.54, 1.807) is 6.07 Å². The van der Waals surface area contributed by atoms with E-state index in [-0.39, 0.29) is 11.9 Å². The lowest BCUT2D eigenvalue weighted by Gasteiger charge is -2.32. The summed E-state index contributed by atoms with van der Waals surface area (Å²) in [7, 11) is 0. The van der Waals surface area contributed by atoms with Gasteiger partial charge in [0.25, 0.3) is 0 Å². The lowest BCUT2D eigenvalue weighted by Crippen LogP contribution is -2.46. The number of amides is 1. The number of benzene rings is 1. The second kappa shape index (κ2) is 7.73. The number of piperidine rings is 1. The van der Waals surface area contributed by atoms with Crippen LogP contribution in [0.15, 0.2) is 24.3 Å². The second-order valence-electron chi connectivity index (χ2n) is 5.39. The molecule has 0 aromatic heterocycles. The van der Waals surface area contributed by atoms with Crippen molar-refractivity contribution in [2.24, 2.45) is 5.73 Å². The molecule has 1 saturated heterocycles. The molecule has 1 fully saturated rings. The molecule has 21 heavy (non-hydrogen) atoms. The molecule has 2 rings (SSSR count). The van der Waals surface area contributed by atoms with Gasteiger partial charge in [0.2, 0.25) is 5.91 Å². The quantitative estimate of drug-likeness (QED) is 0.810. The van der Waals surface area contributed by atoms with Crippen LogP contribution in [-0.4, -0.2) is 41.5 Å². The fraction of sp³-hybridized carbons (Fsp3) is 0.467.